The van der Waals surface area contributed by atoms with E-state index in [-0.39, 0.29) is 36.0 Å². The minimum absolute atomic E-state index is 0.0140. The fraction of sp³-hybridized carbons (Fsp3) is 0.727. The number of nitroso groups, excluding NO2 is 1. The van der Waals surface area contributed by atoms with Crippen molar-refractivity contribution in [2.45, 2.75) is 31.7 Å². The molecule has 3 atom stereocenters. The van der Waals surface area contributed by atoms with E-state index in [1.165, 1.54) is 6.20 Å². The van der Waals surface area contributed by atoms with Gasteiger partial charge in [-0.05, 0) is 30.4 Å². The van der Waals surface area contributed by atoms with Crippen LogP contribution in [0.2, 0.25) is 0 Å². The van der Waals surface area contributed by atoms with E-state index in [9.17, 15) is 14.8 Å². The predicted octanol–water partition coefficient (Wildman–Crippen LogP) is 0.934. The van der Waals surface area contributed by atoms with Crippen molar-refractivity contribution in [1.29, 1.82) is 0 Å². The number of aliphatic hydroxyl groups excluding tert-OH is 1. The van der Waals surface area contributed by atoms with E-state index in [4.69, 9.17) is 0 Å². The Morgan fingerprint density at radius 1 is 1.50 bits per heavy atom. The SMILES string of the molecule is O=NC1=CNC2CCCC(CO)C[C@H]2C1=O. The number of nitrogens with zero attached hydrogens (tertiary/aromatic N) is 1. The standard InChI is InChI=1S/C11H16N2O3/c14-6-7-2-1-3-9-8(4-7)11(15)10(13-16)5-12-9/h5,7-9,12,14H,1-4,6H2/t7?,8-,9?/m1/s1. The minimum Gasteiger partial charge on any atom is -0.396 e. The zero-order valence-electron chi connectivity index (χ0n) is 9.06. The number of Topliss-reactive ketones (excluding diaryl/α,β-unsaturated/α-hetero) is 1. The Kier molecular flexibility index (Phi) is 3.33. The first-order chi connectivity index (χ1) is 7.76. The van der Waals surface area contributed by atoms with Gasteiger partial charge in [-0.3, -0.25) is 4.79 Å². The van der Waals surface area contributed by atoms with E-state index in [1.54, 1.807) is 0 Å². The number of aliphatic hydroxyl groups is 1. The predicted molar refractivity (Wildman–Crippen MR) is 58.3 cm³/mol. The molecule has 2 N–H and O–H groups in total. The molecule has 0 spiro atoms. The Balaban J connectivity index is 2.18. The highest BCUT2D eigenvalue weighted by atomic mass is 16.3. The van der Waals surface area contributed by atoms with Gasteiger partial charge in [-0.1, -0.05) is 6.42 Å². The molecule has 0 aromatic carbocycles. The number of ketones is 1. The van der Waals surface area contributed by atoms with E-state index >= 15 is 0 Å². The summed E-state index contributed by atoms with van der Waals surface area (Å²) in [7, 11) is 0. The summed E-state index contributed by atoms with van der Waals surface area (Å²) in [5, 5.41) is 15.0. The molecule has 0 aromatic heterocycles. The molecule has 1 saturated carbocycles. The van der Waals surface area contributed by atoms with Gasteiger partial charge in [-0.2, -0.15) is 0 Å². The lowest BCUT2D eigenvalue weighted by atomic mass is 9.84. The van der Waals surface area contributed by atoms with Crippen LogP contribution in [0, 0.1) is 16.7 Å². The molecule has 1 fully saturated rings. The highest BCUT2D eigenvalue weighted by Crippen LogP contribution is 2.32. The molecule has 0 aromatic rings. The number of hydrogen-bond donors (Lipinski definition) is 2. The van der Waals surface area contributed by atoms with Crippen molar-refractivity contribution in [1.82, 2.24) is 5.32 Å². The Bertz CT molecular complexity index is 327. The average molecular weight is 224 g/mol. The highest BCUT2D eigenvalue weighted by Gasteiger charge is 2.37. The van der Waals surface area contributed by atoms with E-state index in [0.717, 1.165) is 19.3 Å². The molecule has 0 bridgehead atoms. The number of fused-ring (bicyclic) bond motifs is 1. The fourth-order valence-electron chi connectivity index (χ4n) is 2.64. The zero-order chi connectivity index (χ0) is 11.5. The van der Waals surface area contributed by atoms with Gasteiger partial charge in [-0.25, -0.2) is 0 Å². The summed E-state index contributed by atoms with van der Waals surface area (Å²) in [6.07, 6.45) is 4.94. The quantitative estimate of drug-likeness (QED) is 0.684. The van der Waals surface area contributed by atoms with Crippen molar-refractivity contribution < 1.29 is 9.90 Å². The Hall–Kier alpha value is -1.23. The number of nitrogens with one attached hydrogen (secondary N) is 1. The van der Waals surface area contributed by atoms with Crippen molar-refractivity contribution in [3.63, 3.8) is 0 Å². The number of hydrogen-bond acceptors (Lipinski definition) is 5. The largest absolute Gasteiger partial charge is 0.396 e. The number of allylic oxidation sites excluding steroid dienone is 1. The van der Waals surface area contributed by atoms with Crippen LogP contribution in [0.1, 0.15) is 25.7 Å². The van der Waals surface area contributed by atoms with E-state index in [2.05, 4.69) is 10.5 Å². The van der Waals surface area contributed by atoms with Crippen LogP contribution in [0.4, 0.5) is 0 Å². The summed E-state index contributed by atoms with van der Waals surface area (Å²) in [5.74, 6) is -0.191. The molecule has 1 aliphatic carbocycles. The van der Waals surface area contributed by atoms with Crippen molar-refractivity contribution in [3.8, 4) is 0 Å². The number of carbonyl (C=O) groups is 1. The molecule has 2 unspecified atom stereocenters. The Morgan fingerprint density at radius 3 is 3.00 bits per heavy atom. The summed E-state index contributed by atoms with van der Waals surface area (Å²) >= 11 is 0. The van der Waals surface area contributed by atoms with Gasteiger partial charge in [0.1, 0.15) is 0 Å². The fourth-order valence-corrected chi connectivity index (χ4v) is 2.64. The lowest BCUT2D eigenvalue weighted by Crippen LogP contribution is -2.42. The molecule has 0 saturated heterocycles. The van der Waals surface area contributed by atoms with Crippen LogP contribution < -0.4 is 5.32 Å². The Labute approximate surface area is 93.9 Å². The maximum atomic E-state index is 11.9. The van der Waals surface area contributed by atoms with Gasteiger partial charge < -0.3 is 10.4 Å². The van der Waals surface area contributed by atoms with Crippen LogP contribution in [-0.4, -0.2) is 23.5 Å². The first kappa shape index (κ1) is 11.3. The summed E-state index contributed by atoms with van der Waals surface area (Å²) in [6.45, 7) is 0.115. The van der Waals surface area contributed by atoms with Crippen molar-refractivity contribution >= 4 is 5.78 Å². The van der Waals surface area contributed by atoms with E-state index in [1.807, 2.05) is 0 Å². The molecule has 0 radical (unpaired) electrons. The lowest BCUT2D eigenvalue weighted by molar-refractivity contribution is -0.121. The molecule has 2 aliphatic rings. The second kappa shape index (κ2) is 4.74. The van der Waals surface area contributed by atoms with Crippen molar-refractivity contribution in [2.75, 3.05) is 6.61 Å². The second-order valence-corrected chi connectivity index (χ2v) is 4.58. The third-order valence-electron chi connectivity index (χ3n) is 3.58. The Morgan fingerprint density at radius 2 is 2.31 bits per heavy atom. The molecule has 5 heteroatoms. The molecule has 1 aliphatic heterocycles. The van der Waals surface area contributed by atoms with Crippen LogP contribution in [-0.2, 0) is 4.79 Å². The molecule has 0 amide bonds. The third kappa shape index (κ3) is 2.00. The van der Waals surface area contributed by atoms with E-state index < -0.39 is 0 Å². The van der Waals surface area contributed by atoms with Gasteiger partial charge in [0.05, 0.1) is 0 Å². The maximum absolute atomic E-state index is 11.9. The minimum atomic E-state index is -0.197. The van der Waals surface area contributed by atoms with Gasteiger partial charge in [-0.15, -0.1) is 4.91 Å². The van der Waals surface area contributed by atoms with Gasteiger partial charge >= 0.3 is 0 Å². The van der Waals surface area contributed by atoms with Gasteiger partial charge in [0.25, 0.3) is 0 Å². The molecule has 2 rings (SSSR count). The van der Waals surface area contributed by atoms with E-state index in [0.29, 0.717) is 6.42 Å². The first-order valence-corrected chi connectivity index (χ1v) is 5.71. The second-order valence-electron chi connectivity index (χ2n) is 4.58. The molecular formula is C11H16N2O3. The van der Waals surface area contributed by atoms with Crippen LogP contribution in [0.5, 0.6) is 0 Å². The van der Waals surface area contributed by atoms with Crippen molar-refractivity contribution in [3.05, 3.63) is 16.8 Å². The van der Waals surface area contributed by atoms with Crippen LogP contribution >= 0.6 is 0 Å². The lowest BCUT2D eigenvalue weighted by Gasteiger charge is -2.28. The molecule has 88 valence electrons. The molecular weight excluding hydrogens is 208 g/mol. The zero-order valence-corrected chi connectivity index (χ0v) is 9.06. The van der Waals surface area contributed by atoms with Crippen LogP contribution in [0.15, 0.2) is 17.1 Å². The smallest absolute Gasteiger partial charge is 0.191 e. The van der Waals surface area contributed by atoms with Crippen LogP contribution in [0.3, 0.4) is 0 Å². The summed E-state index contributed by atoms with van der Waals surface area (Å²) in [6, 6.07) is 0.106. The van der Waals surface area contributed by atoms with Crippen LogP contribution in [0.25, 0.3) is 0 Å². The summed E-state index contributed by atoms with van der Waals surface area (Å²) < 4.78 is 0. The third-order valence-corrected chi connectivity index (χ3v) is 3.58. The first-order valence-electron chi connectivity index (χ1n) is 5.71. The van der Waals surface area contributed by atoms with Gasteiger partial charge in [0.15, 0.2) is 11.5 Å². The highest BCUT2D eigenvalue weighted by molar-refractivity contribution is 5.98. The average Bonchev–Trinajstić information content (AvgIpc) is 2.52. The molecule has 5 nitrogen and oxygen atoms in total. The molecule has 1 heterocycles. The topological polar surface area (TPSA) is 78.8 Å². The van der Waals surface area contributed by atoms with Crippen molar-refractivity contribution in [2.24, 2.45) is 17.0 Å². The number of rotatable bonds is 2. The van der Waals surface area contributed by atoms with Gasteiger partial charge in [0.2, 0.25) is 0 Å². The maximum Gasteiger partial charge on any atom is 0.191 e. The summed E-state index contributed by atoms with van der Waals surface area (Å²) in [5.41, 5.74) is -0.0140. The monoisotopic (exact) mass is 224 g/mol. The summed E-state index contributed by atoms with van der Waals surface area (Å²) in [4.78, 5) is 22.4. The normalized spacial score (nSPS) is 34.4. The number of carbonyl (C=O) groups excluding carboxylic acids is 1. The molecule has 16 heavy (non-hydrogen) atoms. The van der Waals surface area contributed by atoms with Gasteiger partial charge in [0, 0.05) is 24.8 Å².